The number of aryl methyl sites for hydroxylation is 2. The predicted octanol–water partition coefficient (Wildman–Crippen LogP) is 7.44. The number of alkyl halides is 3. The number of hydrogen-bond donors (Lipinski definition) is 0. The molecule has 0 aromatic heterocycles. The molecule has 0 bridgehead atoms. The molecular formula is C25H20F4O. The van der Waals surface area contributed by atoms with Gasteiger partial charge in [-0.1, -0.05) is 49.4 Å². The topological polar surface area (TPSA) is 9.23 Å². The van der Waals surface area contributed by atoms with Crippen LogP contribution in [-0.2, 0) is 12.8 Å². The molecule has 1 aliphatic rings. The summed E-state index contributed by atoms with van der Waals surface area (Å²) in [5, 5.41) is 0. The van der Waals surface area contributed by atoms with E-state index in [0.29, 0.717) is 11.1 Å². The lowest BCUT2D eigenvalue weighted by Crippen LogP contribution is -2.16. The lowest BCUT2D eigenvalue weighted by Gasteiger charge is -2.19. The molecule has 0 fully saturated rings. The van der Waals surface area contributed by atoms with Gasteiger partial charge in [-0.05, 0) is 76.9 Å². The fourth-order valence-corrected chi connectivity index (χ4v) is 3.75. The first-order valence-electron chi connectivity index (χ1n) is 9.81. The molecule has 3 aromatic carbocycles. The first-order valence-corrected chi connectivity index (χ1v) is 9.81. The molecule has 1 nitrogen and oxygen atoms in total. The number of allylic oxidation sites excluding steroid dienone is 1. The standard InChI is InChI=1S/C25H20F4O/c1-2-16-3-5-17(6-4-16)19-7-8-20-14-23(24(26)15-21(20)13-19)18-9-11-22(12-10-18)30-25(27,28)29/h3-6,9-15H,2,7-8H2,1H3. The highest BCUT2D eigenvalue weighted by Crippen LogP contribution is 2.35. The third-order valence-electron chi connectivity index (χ3n) is 5.35. The molecule has 0 atom stereocenters. The molecule has 0 heterocycles. The molecule has 30 heavy (non-hydrogen) atoms. The molecule has 0 saturated carbocycles. The van der Waals surface area contributed by atoms with Crippen molar-refractivity contribution in [1.29, 1.82) is 0 Å². The van der Waals surface area contributed by atoms with E-state index in [1.54, 1.807) is 6.07 Å². The largest absolute Gasteiger partial charge is 0.573 e. The van der Waals surface area contributed by atoms with Crippen LogP contribution in [0.4, 0.5) is 17.6 Å². The zero-order valence-corrected chi connectivity index (χ0v) is 16.4. The van der Waals surface area contributed by atoms with Crippen LogP contribution in [0.25, 0.3) is 22.8 Å². The molecule has 0 radical (unpaired) electrons. The van der Waals surface area contributed by atoms with Crippen molar-refractivity contribution >= 4 is 11.6 Å². The van der Waals surface area contributed by atoms with Gasteiger partial charge in [-0.2, -0.15) is 0 Å². The van der Waals surface area contributed by atoms with Crippen LogP contribution in [0.5, 0.6) is 5.75 Å². The molecule has 1 aliphatic carbocycles. The number of benzene rings is 3. The second kappa shape index (κ2) is 7.98. The Morgan fingerprint density at radius 3 is 2.17 bits per heavy atom. The summed E-state index contributed by atoms with van der Waals surface area (Å²) in [5.41, 5.74) is 6.34. The van der Waals surface area contributed by atoms with E-state index in [1.807, 2.05) is 6.08 Å². The van der Waals surface area contributed by atoms with Crippen LogP contribution in [0.2, 0.25) is 0 Å². The van der Waals surface area contributed by atoms with Gasteiger partial charge < -0.3 is 4.74 Å². The molecule has 0 aliphatic heterocycles. The van der Waals surface area contributed by atoms with Gasteiger partial charge in [0.2, 0.25) is 0 Å². The number of hydrogen-bond acceptors (Lipinski definition) is 1. The van der Waals surface area contributed by atoms with Crippen molar-refractivity contribution in [2.24, 2.45) is 0 Å². The summed E-state index contributed by atoms with van der Waals surface area (Å²) in [6.45, 7) is 2.11. The second-order valence-corrected chi connectivity index (χ2v) is 7.32. The minimum Gasteiger partial charge on any atom is -0.406 e. The Morgan fingerprint density at radius 1 is 0.867 bits per heavy atom. The molecule has 0 amide bonds. The third kappa shape index (κ3) is 4.40. The Morgan fingerprint density at radius 2 is 1.53 bits per heavy atom. The van der Waals surface area contributed by atoms with Crippen molar-refractivity contribution in [3.8, 4) is 16.9 Å². The number of rotatable bonds is 4. The average Bonchev–Trinajstić information content (AvgIpc) is 2.72. The predicted molar refractivity (Wildman–Crippen MR) is 111 cm³/mol. The summed E-state index contributed by atoms with van der Waals surface area (Å²) >= 11 is 0. The van der Waals surface area contributed by atoms with Crippen LogP contribution >= 0.6 is 0 Å². The van der Waals surface area contributed by atoms with Gasteiger partial charge in [0, 0.05) is 5.56 Å². The maximum absolute atomic E-state index is 14.8. The Balaban J connectivity index is 1.62. The van der Waals surface area contributed by atoms with Gasteiger partial charge in [0.05, 0.1) is 0 Å². The zero-order chi connectivity index (χ0) is 21.3. The Hall–Kier alpha value is -3.08. The van der Waals surface area contributed by atoms with Crippen LogP contribution in [0.3, 0.4) is 0 Å². The van der Waals surface area contributed by atoms with Gasteiger partial charge in [0.25, 0.3) is 0 Å². The van der Waals surface area contributed by atoms with Crippen molar-refractivity contribution < 1.29 is 22.3 Å². The van der Waals surface area contributed by atoms with E-state index in [-0.39, 0.29) is 5.75 Å². The number of halogens is 4. The summed E-state index contributed by atoms with van der Waals surface area (Å²) in [4.78, 5) is 0. The van der Waals surface area contributed by atoms with Gasteiger partial charge >= 0.3 is 6.36 Å². The Kier molecular flexibility index (Phi) is 5.37. The van der Waals surface area contributed by atoms with E-state index in [1.165, 1.54) is 41.5 Å². The van der Waals surface area contributed by atoms with Gasteiger partial charge in [0.15, 0.2) is 0 Å². The fourth-order valence-electron chi connectivity index (χ4n) is 3.75. The minimum absolute atomic E-state index is 0.328. The molecule has 0 saturated heterocycles. The second-order valence-electron chi connectivity index (χ2n) is 7.32. The van der Waals surface area contributed by atoms with Crippen molar-refractivity contribution in [2.75, 3.05) is 0 Å². The quantitative estimate of drug-likeness (QED) is 0.405. The van der Waals surface area contributed by atoms with E-state index in [0.717, 1.165) is 36.0 Å². The van der Waals surface area contributed by atoms with E-state index in [9.17, 15) is 17.6 Å². The monoisotopic (exact) mass is 412 g/mol. The Labute approximate surface area is 172 Å². The van der Waals surface area contributed by atoms with Gasteiger partial charge in [-0.3, -0.25) is 0 Å². The highest BCUT2D eigenvalue weighted by molar-refractivity contribution is 5.85. The molecule has 0 spiro atoms. The molecule has 5 heteroatoms. The van der Waals surface area contributed by atoms with E-state index in [2.05, 4.69) is 35.9 Å². The summed E-state index contributed by atoms with van der Waals surface area (Å²) in [6.07, 6.45) is -0.118. The minimum atomic E-state index is -4.75. The summed E-state index contributed by atoms with van der Waals surface area (Å²) < 4.78 is 55.7. The van der Waals surface area contributed by atoms with Gasteiger partial charge in [0.1, 0.15) is 11.6 Å². The lowest BCUT2D eigenvalue weighted by molar-refractivity contribution is -0.274. The maximum atomic E-state index is 14.8. The average molecular weight is 412 g/mol. The smallest absolute Gasteiger partial charge is 0.406 e. The van der Waals surface area contributed by atoms with Crippen LogP contribution < -0.4 is 4.74 Å². The number of fused-ring (bicyclic) bond motifs is 1. The van der Waals surface area contributed by atoms with E-state index in [4.69, 9.17) is 0 Å². The highest BCUT2D eigenvalue weighted by atomic mass is 19.4. The van der Waals surface area contributed by atoms with E-state index >= 15 is 0 Å². The van der Waals surface area contributed by atoms with E-state index < -0.39 is 12.2 Å². The molecule has 4 rings (SSSR count). The highest BCUT2D eigenvalue weighted by Gasteiger charge is 2.31. The van der Waals surface area contributed by atoms with Crippen molar-refractivity contribution in [3.05, 3.63) is 88.7 Å². The molecule has 3 aromatic rings. The summed E-state index contributed by atoms with van der Waals surface area (Å²) in [6, 6.07) is 17.0. The summed E-state index contributed by atoms with van der Waals surface area (Å²) in [7, 11) is 0. The van der Waals surface area contributed by atoms with Crippen molar-refractivity contribution in [1.82, 2.24) is 0 Å². The Bertz CT molecular complexity index is 1080. The normalized spacial score (nSPS) is 13.6. The van der Waals surface area contributed by atoms with Crippen molar-refractivity contribution in [2.45, 2.75) is 32.5 Å². The first-order chi connectivity index (χ1) is 14.3. The molecule has 0 N–H and O–H groups in total. The van der Waals surface area contributed by atoms with Crippen LogP contribution in [0.15, 0.2) is 60.7 Å². The summed E-state index contributed by atoms with van der Waals surface area (Å²) in [5.74, 6) is -0.733. The maximum Gasteiger partial charge on any atom is 0.573 e. The fraction of sp³-hybridized carbons (Fsp3) is 0.200. The molecule has 154 valence electrons. The van der Waals surface area contributed by atoms with Crippen molar-refractivity contribution in [3.63, 3.8) is 0 Å². The first kappa shape index (κ1) is 20.2. The van der Waals surface area contributed by atoms with Crippen LogP contribution in [0.1, 0.15) is 35.6 Å². The lowest BCUT2D eigenvalue weighted by atomic mass is 9.86. The van der Waals surface area contributed by atoms with Crippen LogP contribution in [-0.4, -0.2) is 6.36 Å². The van der Waals surface area contributed by atoms with Crippen LogP contribution in [0, 0.1) is 5.82 Å². The third-order valence-corrected chi connectivity index (χ3v) is 5.35. The van der Waals surface area contributed by atoms with Gasteiger partial charge in [-0.25, -0.2) is 4.39 Å². The number of ether oxygens (including phenoxy) is 1. The zero-order valence-electron chi connectivity index (χ0n) is 16.4. The van der Waals surface area contributed by atoms with Gasteiger partial charge in [-0.15, -0.1) is 13.2 Å². The molecular weight excluding hydrogens is 392 g/mol. The molecule has 0 unspecified atom stereocenters. The SMILES string of the molecule is CCc1ccc(C2=Cc3cc(F)c(-c4ccc(OC(F)(F)F)cc4)cc3CC2)cc1.